The second kappa shape index (κ2) is 4.95. The lowest BCUT2D eigenvalue weighted by Crippen LogP contribution is -2.40. The van der Waals surface area contributed by atoms with Gasteiger partial charge in [0.1, 0.15) is 0 Å². The highest BCUT2D eigenvalue weighted by atomic mass is 16.7. The van der Waals surface area contributed by atoms with Crippen LogP contribution >= 0.6 is 0 Å². The average Bonchev–Trinajstić information content (AvgIpc) is 2.31. The average molecular weight is 221 g/mol. The number of hydrogen-bond donors (Lipinski definition) is 1. The van der Waals surface area contributed by atoms with Crippen molar-refractivity contribution >= 4 is 0 Å². The summed E-state index contributed by atoms with van der Waals surface area (Å²) in [6.45, 7) is 3.37. The molecule has 0 bridgehead atoms. The van der Waals surface area contributed by atoms with E-state index in [1.807, 2.05) is 37.3 Å². The molecule has 0 amide bonds. The second-order valence-corrected chi connectivity index (χ2v) is 4.27. The summed E-state index contributed by atoms with van der Waals surface area (Å²) in [4.78, 5) is 0. The summed E-state index contributed by atoms with van der Waals surface area (Å²) >= 11 is 0. The molecule has 88 valence electrons. The largest absolute Gasteiger partial charge is 0.346 e. The van der Waals surface area contributed by atoms with Gasteiger partial charge in [-0.25, -0.2) is 0 Å². The summed E-state index contributed by atoms with van der Waals surface area (Å²) in [5.74, 6) is -0.612. The van der Waals surface area contributed by atoms with Crippen LogP contribution in [0.25, 0.3) is 0 Å². The van der Waals surface area contributed by atoms with Crippen molar-refractivity contribution in [1.29, 1.82) is 0 Å². The number of rotatable bonds is 3. The van der Waals surface area contributed by atoms with E-state index >= 15 is 0 Å². The second-order valence-electron chi connectivity index (χ2n) is 4.27. The molecule has 1 aliphatic heterocycles. The molecule has 0 aromatic heterocycles. The Morgan fingerprint density at radius 3 is 2.81 bits per heavy atom. The van der Waals surface area contributed by atoms with Crippen LogP contribution < -0.4 is 5.73 Å². The topological polar surface area (TPSA) is 44.5 Å². The molecule has 0 unspecified atom stereocenters. The molecular formula is C13H19NO2. The molecule has 2 rings (SSSR count). The van der Waals surface area contributed by atoms with Crippen LogP contribution in [0.3, 0.4) is 0 Å². The van der Waals surface area contributed by atoms with Crippen LogP contribution in [0.4, 0.5) is 0 Å². The molecule has 1 aromatic rings. The Morgan fingerprint density at radius 1 is 1.38 bits per heavy atom. The van der Waals surface area contributed by atoms with Crippen molar-refractivity contribution in [3.8, 4) is 0 Å². The first-order valence-electron chi connectivity index (χ1n) is 5.82. The molecule has 16 heavy (non-hydrogen) atoms. The molecule has 0 radical (unpaired) electrons. The molecule has 1 fully saturated rings. The molecule has 2 atom stereocenters. The molecule has 1 saturated heterocycles. The highest BCUT2D eigenvalue weighted by Crippen LogP contribution is 2.33. The van der Waals surface area contributed by atoms with Crippen molar-refractivity contribution in [2.75, 3.05) is 13.2 Å². The summed E-state index contributed by atoms with van der Waals surface area (Å²) in [6, 6.07) is 10.1. The van der Waals surface area contributed by atoms with E-state index in [9.17, 15) is 0 Å². The normalized spacial score (nSPS) is 30.2. The zero-order valence-electron chi connectivity index (χ0n) is 9.69. The zero-order chi connectivity index (χ0) is 11.4. The van der Waals surface area contributed by atoms with Crippen molar-refractivity contribution in [2.45, 2.75) is 31.7 Å². The summed E-state index contributed by atoms with van der Waals surface area (Å²) in [6.07, 6.45) is 2.04. The van der Waals surface area contributed by atoms with Gasteiger partial charge in [-0.1, -0.05) is 30.3 Å². The Morgan fingerprint density at radius 2 is 2.12 bits per heavy atom. The van der Waals surface area contributed by atoms with E-state index in [4.69, 9.17) is 15.2 Å². The summed E-state index contributed by atoms with van der Waals surface area (Å²) in [5.41, 5.74) is 6.63. The van der Waals surface area contributed by atoms with Gasteiger partial charge in [0.2, 0.25) is 0 Å². The number of ether oxygens (including phenoxy) is 2. The molecule has 3 heteroatoms. The van der Waals surface area contributed by atoms with E-state index in [0.29, 0.717) is 6.54 Å². The fraction of sp³-hybridized carbons (Fsp3) is 0.538. The minimum Gasteiger partial charge on any atom is -0.346 e. The number of nitrogens with two attached hydrogens (primary N) is 1. The molecular weight excluding hydrogens is 202 g/mol. The number of hydrogen-bond acceptors (Lipinski definition) is 3. The molecule has 3 nitrogen and oxygen atoms in total. The van der Waals surface area contributed by atoms with Crippen molar-refractivity contribution in [2.24, 2.45) is 5.73 Å². The molecule has 1 heterocycles. The highest BCUT2D eigenvalue weighted by molar-refractivity contribution is 5.19. The first kappa shape index (κ1) is 11.6. The maximum absolute atomic E-state index is 6.00. The van der Waals surface area contributed by atoms with Crippen LogP contribution in [0.1, 0.15) is 25.3 Å². The Hall–Kier alpha value is -0.900. The van der Waals surface area contributed by atoms with Crippen molar-refractivity contribution in [3.05, 3.63) is 35.9 Å². The van der Waals surface area contributed by atoms with Crippen LogP contribution in [0.15, 0.2) is 30.3 Å². The smallest absolute Gasteiger partial charge is 0.192 e. The molecule has 0 saturated carbocycles. The van der Waals surface area contributed by atoms with Crippen LogP contribution in [0, 0.1) is 0 Å². The number of benzene rings is 1. The fourth-order valence-electron chi connectivity index (χ4n) is 2.08. The van der Waals surface area contributed by atoms with Gasteiger partial charge in [-0.2, -0.15) is 0 Å². The van der Waals surface area contributed by atoms with E-state index in [0.717, 1.165) is 25.0 Å². The maximum atomic E-state index is 6.00. The molecule has 0 spiro atoms. The van der Waals surface area contributed by atoms with Crippen molar-refractivity contribution in [3.63, 3.8) is 0 Å². The van der Waals surface area contributed by atoms with E-state index in [-0.39, 0.29) is 6.10 Å². The Balaban J connectivity index is 2.12. The van der Waals surface area contributed by atoms with Gasteiger partial charge in [-0.3, -0.25) is 0 Å². The third-order valence-electron chi connectivity index (χ3n) is 3.00. The van der Waals surface area contributed by atoms with Gasteiger partial charge >= 0.3 is 0 Å². The van der Waals surface area contributed by atoms with Gasteiger partial charge < -0.3 is 15.2 Å². The van der Waals surface area contributed by atoms with E-state index in [1.54, 1.807) is 0 Å². The van der Waals surface area contributed by atoms with E-state index in [2.05, 4.69) is 0 Å². The van der Waals surface area contributed by atoms with Gasteiger partial charge in [0.15, 0.2) is 5.79 Å². The van der Waals surface area contributed by atoms with E-state index in [1.165, 1.54) is 0 Å². The SMILES string of the molecule is C[C@@]1(c2ccccc2)OCC[C@@H](CCN)O1. The predicted molar refractivity (Wildman–Crippen MR) is 62.9 cm³/mol. The highest BCUT2D eigenvalue weighted by Gasteiger charge is 2.35. The molecule has 0 aliphatic carbocycles. The van der Waals surface area contributed by atoms with Crippen molar-refractivity contribution in [1.82, 2.24) is 0 Å². The predicted octanol–water partition coefficient (Wildman–Crippen LogP) is 2.01. The first-order valence-corrected chi connectivity index (χ1v) is 5.82. The monoisotopic (exact) mass is 221 g/mol. The Kier molecular flexibility index (Phi) is 3.59. The Labute approximate surface area is 96.5 Å². The minimum atomic E-state index is -0.612. The van der Waals surface area contributed by atoms with Crippen LogP contribution in [-0.4, -0.2) is 19.3 Å². The minimum absolute atomic E-state index is 0.212. The lowest BCUT2D eigenvalue weighted by Gasteiger charge is -2.39. The summed E-state index contributed by atoms with van der Waals surface area (Å²) < 4.78 is 11.8. The van der Waals surface area contributed by atoms with Gasteiger partial charge in [0, 0.05) is 5.56 Å². The van der Waals surface area contributed by atoms with Gasteiger partial charge in [0.25, 0.3) is 0 Å². The maximum Gasteiger partial charge on any atom is 0.192 e. The third kappa shape index (κ3) is 2.43. The molecule has 1 aliphatic rings. The van der Waals surface area contributed by atoms with Crippen LogP contribution in [0.5, 0.6) is 0 Å². The lowest BCUT2D eigenvalue weighted by molar-refractivity contribution is -0.293. The molecule has 1 aromatic carbocycles. The standard InChI is InChI=1S/C13H19NO2/c1-13(11-5-3-2-4-6-11)15-10-8-12(16-13)7-9-14/h2-6,12H,7-10,14H2,1H3/t12-,13-/m1/s1. The van der Waals surface area contributed by atoms with Crippen LogP contribution in [0.2, 0.25) is 0 Å². The van der Waals surface area contributed by atoms with Gasteiger partial charge in [-0.05, 0) is 26.3 Å². The fourth-order valence-corrected chi connectivity index (χ4v) is 2.08. The van der Waals surface area contributed by atoms with Crippen molar-refractivity contribution < 1.29 is 9.47 Å². The lowest BCUT2D eigenvalue weighted by atomic mass is 10.0. The van der Waals surface area contributed by atoms with Gasteiger partial charge in [-0.15, -0.1) is 0 Å². The summed E-state index contributed by atoms with van der Waals surface area (Å²) in [7, 11) is 0. The summed E-state index contributed by atoms with van der Waals surface area (Å²) in [5, 5.41) is 0. The van der Waals surface area contributed by atoms with Gasteiger partial charge in [0.05, 0.1) is 12.7 Å². The van der Waals surface area contributed by atoms with E-state index < -0.39 is 5.79 Å². The van der Waals surface area contributed by atoms with Crippen LogP contribution in [-0.2, 0) is 15.3 Å². The first-order chi connectivity index (χ1) is 7.74. The Bertz CT molecular complexity index is 326. The quantitative estimate of drug-likeness (QED) is 0.849. The zero-order valence-corrected chi connectivity index (χ0v) is 9.69. The third-order valence-corrected chi connectivity index (χ3v) is 3.00. The molecule has 2 N–H and O–H groups in total.